The summed E-state index contributed by atoms with van der Waals surface area (Å²) < 4.78 is 13.1. The number of nitrogens with zero attached hydrogens (tertiary/aromatic N) is 1. The Labute approximate surface area is 115 Å². The van der Waals surface area contributed by atoms with Crippen molar-refractivity contribution in [1.29, 1.82) is 0 Å². The maximum atomic E-state index is 13.1. The highest BCUT2D eigenvalue weighted by atomic mass is 19.1. The van der Waals surface area contributed by atoms with Crippen LogP contribution in [0.1, 0.15) is 50.6 Å². The van der Waals surface area contributed by atoms with Crippen LogP contribution in [0.25, 0.3) is 0 Å². The number of halogens is 1. The van der Waals surface area contributed by atoms with Crippen LogP contribution < -0.4 is 5.73 Å². The van der Waals surface area contributed by atoms with E-state index in [2.05, 4.69) is 11.8 Å². The van der Waals surface area contributed by atoms with Crippen LogP contribution in [-0.2, 0) is 0 Å². The molecule has 0 radical (unpaired) electrons. The van der Waals surface area contributed by atoms with Gasteiger partial charge < -0.3 is 5.73 Å². The third-order valence-corrected chi connectivity index (χ3v) is 4.10. The highest BCUT2D eigenvalue weighted by Gasteiger charge is 2.24. The Morgan fingerprint density at radius 2 is 1.89 bits per heavy atom. The zero-order valence-corrected chi connectivity index (χ0v) is 11.8. The molecule has 2 N–H and O–H groups in total. The molecule has 1 fully saturated rings. The summed E-state index contributed by atoms with van der Waals surface area (Å²) in [5.74, 6) is -0.154. The minimum Gasteiger partial charge on any atom is -0.328 e. The van der Waals surface area contributed by atoms with Gasteiger partial charge in [0, 0.05) is 25.2 Å². The second kappa shape index (κ2) is 7.01. The van der Waals surface area contributed by atoms with Crippen molar-refractivity contribution in [3.05, 3.63) is 35.6 Å². The number of likely N-dealkylation sites (tertiary alicyclic amines) is 1. The first-order valence-electron chi connectivity index (χ1n) is 7.45. The summed E-state index contributed by atoms with van der Waals surface area (Å²) in [7, 11) is 0. The van der Waals surface area contributed by atoms with Gasteiger partial charge in [0.25, 0.3) is 0 Å². The van der Waals surface area contributed by atoms with Crippen LogP contribution in [0.4, 0.5) is 4.39 Å². The van der Waals surface area contributed by atoms with Gasteiger partial charge in [-0.3, -0.25) is 4.90 Å². The van der Waals surface area contributed by atoms with Gasteiger partial charge in [-0.05, 0) is 37.0 Å². The molecule has 0 unspecified atom stereocenters. The Bertz CT molecular complexity index is 369. The first-order chi connectivity index (χ1) is 9.20. The highest BCUT2D eigenvalue weighted by molar-refractivity contribution is 5.20. The molecule has 19 heavy (non-hydrogen) atoms. The lowest BCUT2D eigenvalue weighted by molar-refractivity contribution is 0.144. The Balaban J connectivity index is 2.08. The molecule has 0 aliphatic carbocycles. The predicted molar refractivity (Wildman–Crippen MR) is 77.4 cm³/mol. The van der Waals surface area contributed by atoms with Gasteiger partial charge in [-0.1, -0.05) is 31.9 Å². The van der Waals surface area contributed by atoms with E-state index in [1.54, 1.807) is 12.1 Å². The van der Waals surface area contributed by atoms with Crippen molar-refractivity contribution in [2.24, 2.45) is 5.73 Å². The predicted octanol–water partition coefficient (Wildman–Crippen LogP) is 3.48. The monoisotopic (exact) mass is 264 g/mol. The lowest BCUT2D eigenvalue weighted by Crippen LogP contribution is -2.41. The third kappa shape index (κ3) is 4.02. The molecule has 0 aromatic heterocycles. The number of hydrogen-bond acceptors (Lipinski definition) is 2. The van der Waals surface area contributed by atoms with Gasteiger partial charge in [-0.2, -0.15) is 0 Å². The second-order valence-electron chi connectivity index (χ2n) is 5.58. The molecule has 1 aromatic carbocycles. The maximum absolute atomic E-state index is 13.1. The van der Waals surface area contributed by atoms with Crippen molar-refractivity contribution < 1.29 is 4.39 Å². The number of piperidine rings is 1. The van der Waals surface area contributed by atoms with E-state index in [0.29, 0.717) is 12.1 Å². The fourth-order valence-corrected chi connectivity index (χ4v) is 2.87. The molecular formula is C16H25FN2. The van der Waals surface area contributed by atoms with Gasteiger partial charge in [-0.15, -0.1) is 0 Å². The van der Waals surface area contributed by atoms with E-state index in [-0.39, 0.29) is 5.82 Å². The molecule has 0 amide bonds. The van der Waals surface area contributed by atoms with Gasteiger partial charge in [0.2, 0.25) is 0 Å². The van der Waals surface area contributed by atoms with Crippen LogP contribution in [0, 0.1) is 5.82 Å². The normalized spacial score (nSPS) is 19.5. The molecule has 2 rings (SSSR count). The fourth-order valence-electron chi connectivity index (χ4n) is 2.87. The molecule has 1 atom stereocenters. The zero-order chi connectivity index (χ0) is 13.7. The summed E-state index contributed by atoms with van der Waals surface area (Å²) in [6.07, 6.45) is 5.71. The van der Waals surface area contributed by atoms with E-state index in [9.17, 15) is 4.39 Å². The van der Waals surface area contributed by atoms with Crippen LogP contribution in [0.15, 0.2) is 24.3 Å². The van der Waals surface area contributed by atoms with Crippen LogP contribution in [-0.4, -0.2) is 24.0 Å². The number of rotatable bonds is 5. The Hall–Kier alpha value is -0.930. The smallest absolute Gasteiger partial charge is 0.123 e. The molecule has 0 bridgehead atoms. The largest absolute Gasteiger partial charge is 0.328 e. The number of unbranched alkanes of at least 4 members (excludes halogenated alkanes) is 1. The Morgan fingerprint density at radius 3 is 2.47 bits per heavy atom. The van der Waals surface area contributed by atoms with Crippen molar-refractivity contribution in [2.45, 2.75) is 51.1 Å². The van der Waals surface area contributed by atoms with Gasteiger partial charge in [0.15, 0.2) is 0 Å². The molecule has 1 saturated heterocycles. The summed E-state index contributed by atoms with van der Waals surface area (Å²) >= 11 is 0. The molecule has 1 aliphatic heterocycles. The molecular weight excluding hydrogens is 239 g/mol. The average molecular weight is 264 g/mol. The standard InChI is InChI=1S/C16H25FN2/c1-2-3-4-16(13-5-7-14(17)8-6-13)19-11-9-15(18)10-12-19/h5-8,15-16H,2-4,9-12,18H2,1H3/t16-/m0/s1. The molecule has 0 saturated carbocycles. The summed E-state index contributed by atoms with van der Waals surface area (Å²) in [5.41, 5.74) is 7.22. The van der Waals surface area contributed by atoms with Crippen molar-refractivity contribution in [3.8, 4) is 0 Å². The summed E-state index contributed by atoms with van der Waals surface area (Å²) in [6.45, 7) is 4.34. The summed E-state index contributed by atoms with van der Waals surface area (Å²) in [5, 5.41) is 0. The van der Waals surface area contributed by atoms with Crippen LogP contribution in [0.3, 0.4) is 0 Å². The van der Waals surface area contributed by atoms with Crippen molar-refractivity contribution in [2.75, 3.05) is 13.1 Å². The van der Waals surface area contributed by atoms with E-state index in [1.165, 1.54) is 18.4 Å². The molecule has 1 aliphatic rings. The number of hydrogen-bond donors (Lipinski definition) is 1. The number of benzene rings is 1. The van der Waals surface area contributed by atoms with E-state index in [0.717, 1.165) is 32.4 Å². The minimum absolute atomic E-state index is 0.154. The molecule has 3 heteroatoms. The summed E-state index contributed by atoms with van der Waals surface area (Å²) in [6, 6.07) is 7.80. The van der Waals surface area contributed by atoms with Gasteiger partial charge in [0.05, 0.1) is 0 Å². The third-order valence-electron chi connectivity index (χ3n) is 4.10. The molecule has 106 valence electrons. The van der Waals surface area contributed by atoms with E-state index >= 15 is 0 Å². The van der Waals surface area contributed by atoms with Crippen molar-refractivity contribution in [1.82, 2.24) is 4.90 Å². The van der Waals surface area contributed by atoms with Crippen molar-refractivity contribution >= 4 is 0 Å². The van der Waals surface area contributed by atoms with Gasteiger partial charge in [0.1, 0.15) is 5.82 Å². The molecule has 1 heterocycles. The Morgan fingerprint density at radius 1 is 1.26 bits per heavy atom. The molecule has 0 spiro atoms. The molecule has 1 aromatic rings. The number of nitrogens with two attached hydrogens (primary N) is 1. The topological polar surface area (TPSA) is 29.3 Å². The van der Waals surface area contributed by atoms with Crippen molar-refractivity contribution in [3.63, 3.8) is 0 Å². The Kier molecular flexibility index (Phi) is 5.34. The highest BCUT2D eigenvalue weighted by Crippen LogP contribution is 2.29. The zero-order valence-electron chi connectivity index (χ0n) is 11.8. The average Bonchev–Trinajstić information content (AvgIpc) is 2.43. The van der Waals surface area contributed by atoms with E-state index < -0.39 is 0 Å². The molecule has 2 nitrogen and oxygen atoms in total. The van der Waals surface area contributed by atoms with Gasteiger partial charge >= 0.3 is 0 Å². The minimum atomic E-state index is -0.154. The first-order valence-corrected chi connectivity index (χ1v) is 7.45. The quantitative estimate of drug-likeness (QED) is 0.882. The van der Waals surface area contributed by atoms with Crippen LogP contribution in [0.2, 0.25) is 0 Å². The van der Waals surface area contributed by atoms with E-state index in [4.69, 9.17) is 5.73 Å². The van der Waals surface area contributed by atoms with Crippen LogP contribution in [0.5, 0.6) is 0 Å². The van der Waals surface area contributed by atoms with Crippen LogP contribution >= 0.6 is 0 Å². The summed E-state index contributed by atoms with van der Waals surface area (Å²) in [4.78, 5) is 2.52. The SMILES string of the molecule is CCCC[C@@H](c1ccc(F)cc1)N1CCC(N)CC1. The van der Waals surface area contributed by atoms with E-state index in [1.807, 2.05) is 12.1 Å². The lowest BCUT2D eigenvalue weighted by atomic mass is 9.96. The van der Waals surface area contributed by atoms with Gasteiger partial charge in [-0.25, -0.2) is 4.39 Å². The fraction of sp³-hybridized carbons (Fsp3) is 0.625. The second-order valence-corrected chi connectivity index (χ2v) is 5.58. The lowest BCUT2D eigenvalue weighted by Gasteiger charge is -2.37. The first kappa shape index (κ1) is 14.5. The maximum Gasteiger partial charge on any atom is 0.123 e.